The van der Waals surface area contributed by atoms with Crippen molar-refractivity contribution in [1.29, 1.82) is 0 Å². The summed E-state index contributed by atoms with van der Waals surface area (Å²) < 4.78 is 10.6. The van der Waals surface area contributed by atoms with Crippen LogP contribution in [0, 0.1) is 0 Å². The number of carbonyl (C=O) groups is 2. The minimum atomic E-state index is -0.316. The molecule has 2 rings (SSSR count). The Hall–Kier alpha value is -3.02. The van der Waals surface area contributed by atoms with Gasteiger partial charge in [0.25, 0.3) is 0 Å². The summed E-state index contributed by atoms with van der Waals surface area (Å²) in [6.07, 6.45) is 0. The molecule has 0 radical (unpaired) electrons. The number of amides is 1. The van der Waals surface area contributed by atoms with Crippen LogP contribution in [0.4, 0.5) is 11.4 Å². The average Bonchev–Trinajstić information content (AvgIpc) is 2.61. The molecule has 0 saturated carbocycles. The van der Waals surface area contributed by atoms with E-state index in [4.69, 9.17) is 9.47 Å². The standard InChI is InChI=1S/C20H24N2O4/c1-15(23)21-18-9-10-20(25-3)19(13-18)22(11-12-26-16(2)24)14-17-7-5-4-6-8-17/h4-10,13H,11-12,14H2,1-3H3,(H,21,23). The molecule has 26 heavy (non-hydrogen) atoms. The summed E-state index contributed by atoms with van der Waals surface area (Å²) in [5.41, 5.74) is 2.61. The first-order valence-electron chi connectivity index (χ1n) is 8.37. The van der Waals surface area contributed by atoms with Gasteiger partial charge in [-0.05, 0) is 23.8 Å². The maximum atomic E-state index is 11.4. The molecule has 6 nitrogen and oxygen atoms in total. The van der Waals surface area contributed by atoms with Crippen LogP contribution in [0.1, 0.15) is 19.4 Å². The second kappa shape index (κ2) is 9.46. The zero-order chi connectivity index (χ0) is 18.9. The molecule has 0 aliphatic carbocycles. The SMILES string of the molecule is COc1ccc(NC(C)=O)cc1N(CCOC(C)=O)Cc1ccccc1. The quantitative estimate of drug-likeness (QED) is 0.736. The van der Waals surface area contributed by atoms with Gasteiger partial charge in [0.05, 0.1) is 19.3 Å². The normalized spacial score (nSPS) is 10.1. The predicted octanol–water partition coefficient (Wildman–Crippen LogP) is 3.22. The van der Waals surface area contributed by atoms with Gasteiger partial charge in [-0.3, -0.25) is 9.59 Å². The van der Waals surface area contributed by atoms with E-state index in [1.54, 1.807) is 13.2 Å². The second-order valence-electron chi connectivity index (χ2n) is 5.82. The summed E-state index contributed by atoms with van der Waals surface area (Å²) in [6.45, 7) is 4.22. The first kappa shape index (κ1) is 19.3. The van der Waals surface area contributed by atoms with Crippen LogP contribution in [0.15, 0.2) is 48.5 Å². The molecule has 6 heteroatoms. The van der Waals surface area contributed by atoms with E-state index >= 15 is 0 Å². The summed E-state index contributed by atoms with van der Waals surface area (Å²) in [5, 5.41) is 2.78. The van der Waals surface area contributed by atoms with Crippen molar-refractivity contribution in [2.24, 2.45) is 0 Å². The minimum absolute atomic E-state index is 0.143. The molecular formula is C20H24N2O4. The molecule has 1 N–H and O–H groups in total. The van der Waals surface area contributed by atoms with Crippen molar-refractivity contribution in [3.8, 4) is 5.75 Å². The predicted molar refractivity (Wildman–Crippen MR) is 101 cm³/mol. The highest BCUT2D eigenvalue weighted by Gasteiger charge is 2.15. The maximum absolute atomic E-state index is 11.4. The highest BCUT2D eigenvalue weighted by molar-refractivity contribution is 5.89. The number of nitrogens with one attached hydrogen (secondary N) is 1. The summed E-state index contributed by atoms with van der Waals surface area (Å²) in [6, 6.07) is 15.4. The Morgan fingerprint density at radius 2 is 1.81 bits per heavy atom. The topological polar surface area (TPSA) is 67.9 Å². The Morgan fingerprint density at radius 1 is 1.08 bits per heavy atom. The first-order valence-corrected chi connectivity index (χ1v) is 8.37. The number of ether oxygens (including phenoxy) is 2. The Kier molecular flexibility index (Phi) is 7.02. The molecule has 0 spiro atoms. The van der Waals surface area contributed by atoms with Gasteiger partial charge in [-0.15, -0.1) is 0 Å². The van der Waals surface area contributed by atoms with E-state index in [9.17, 15) is 9.59 Å². The van der Waals surface area contributed by atoms with Crippen LogP contribution in [0.2, 0.25) is 0 Å². The molecule has 0 bridgehead atoms. The number of anilines is 2. The lowest BCUT2D eigenvalue weighted by molar-refractivity contribution is -0.140. The molecule has 0 aliphatic heterocycles. The van der Waals surface area contributed by atoms with Crippen molar-refractivity contribution in [3.05, 3.63) is 54.1 Å². The number of hydrogen-bond donors (Lipinski definition) is 1. The summed E-state index contributed by atoms with van der Waals surface area (Å²) in [7, 11) is 1.60. The van der Waals surface area contributed by atoms with Gasteiger partial charge in [-0.25, -0.2) is 0 Å². The largest absolute Gasteiger partial charge is 0.495 e. The van der Waals surface area contributed by atoms with Crippen molar-refractivity contribution < 1.29 is 19.1 Å². The molecule has 138 valence electrons. The first-order chi connectivity index (χ1) is 12.5. The highest BCUT2D eigenvalue weighted by atomic mass is 16.5. The van der Waals surface area contributed by atoms with Crippen LogP contribution in [-0.2, 0) is 20.9 Å². The fourth-order valence-corrected chi connectivity index (χ4v) is 2.61. The van der Waals surface area contributed by atoms with Crippen LogP contribution >= 0.6 is 0 Å². The van der Waals surface area contributed by atoms with Gasteiger partial charge in [0.1, 0.15) is 12.4 Å². The fraction of sp³-hybridized carbons (Fsp3) is 0.300. The van der Waals surface area contributed by atoms with Gasteiger partial charge < -0.3 is 19.7 Å². The van der Waals surface area contributed by atoms with Crippen LogP contribution in [0.5, 0.6) is 5.75 Å². The molecule has 1 amide bonds. The molecule has 0 aromatic heterocycles. The third-order valence-corrected chi connectivity index (χ3v) is 3.72. The Bertz CT molecular complexity index is 747. The summed E-state index contributed by atoms with van der Waals surface area (Å²) >= 11 is 0. The number of esters is 1. The summed E-state index contributed by atoms with van der Waals surface area (Å²) in [4.78, 5) is 24.5. The lowest BCUT2D eigenvalue weighted by Gasteiger charge is -2.27. The van der Waals surface area contributed by atoms with Gasteiger partial charge in [-0.2, -0.15) is 0 Å². The van der Waals surface area contributed by atoms with E-state index < -0.39 is 0 Å². The monoisotopic (exact) mass is 356 g/mol. The van der Waals surface area contributed by atoms with Crippen molar-refractivity contribution in [1.82, 2.24) is 0 Å². The highest BCUT2D eigenvalue weighted by Crippen LogP contribution is 2.32. The number of nitrogens with zero attached hydrogens (tertiary/aromatic N) is 1. The maximum Gasteiger partial charge on any atom is 0.302 e. The lowest BCUT2D eigenvalue weighted by atomic mass is 10.1. The second-order valence-corrected chi connectivity index (χ2v) is 5.82. The van der Waals surface area contributed by atoms with E-state index in [1.807, 2.05) is 42.5 Å². The zero-order valence-electron chi connectivity index (χ0n) is 15.3. The van der Waals surface area contributed by atoms with Gasteiger partial charge >= 0.3 is 5.97 Å². The molecule has 2 aromatic rings. The smallest absolute Gasteiger partial charge is 0.302 e. The number of rotatable bonds is 8. The van der Waals surface area contributed by atoms with Gasteiger partial charge in [0.15, 0.2) is 0 Å². The van der Waals surface area contributed by atoms with Crippen molar-refractivity contribution in [2.75, 3.05) is 30.5 Å². The zero-order valence-corrected chi connectivity index (χ0v) is 15.3. The third kappa shape index (κ3) is 5.81. The van der Waals surface area contributed by atoms with Crippen LogP contribution in [-0.4, -0.2) is 32.1 Å². The molecule has 0 saturated heterocycles. The average molecular weight is 356 g/mol. The van der Waals surface area contributed by atoms with Crippen LogP contribution in [0.25, 0.3) is 0 Å². The van der Waals surface area contributed by atoms with Crippen LogP contribution < -0.4 is 15.0 Å². The number of methoxy groups -OCH3 is 1. The van der Waals surface area contributed by atoms with Crippen molar-refractivity contribution >= 4 is 23.3 Å². The van der Waals surface area contributed by atoms with E-state index in [1.165, 1.54) is 13.8 Å². The number of benzene rings is 2. The fourth-order valence-electron chi connectivity index (χ4n) is 2.61. The Balaban J connectivity index is 2.31. The van der Waals surface area contributed by atoms with E-state index in [0.717, 1.165) is 11.3 Å². The van der Waals surface area contributed by atoms with Crippen molar-refractivity contribution in [2.45, 2.75) is 20.4 Å². The van der Waals surface area contributed by atoms with Gasteiger partial charge in [0.2, 0.25) is 5.91 Å². The van der Waals surface area contributed by atoms with Crippen molar-refractivity contribution in [3.63, 3.8) is 0 Å². The molecule has 0 unspecified atom stereocenters. The molecule has 2 aromatic carbocycles. The molecule has 0 heterocycles. The molecule has 0 fully saturated rings. The Labute approximate surface area is 153 Å². The van der Waals surface area contributed by atoms with Gasteiger partial charge in [-0.1, -0.05) is 30.3 Å². The molecule has 0 aliphatic rings. The van der Waals surface area contributed by atoms with E-state index in [-0.39, 0.29) is 18.5 Å². The van der Waals surface area contributed by atoms with Gasteiger partial charge in [0, 0.05) is 26.1 Å². The Morgan fingerprint density at radius 3 is 2.42 bits per heavy atom. The lowest BCUT2D eigenvalue weighted by Crippen LogP contribution is -2.28. The number of carbonyl (C=O) groups excluding carboxylic acids is 2. The van der Waals surface area contributed by atoms with E-state index in [0.29, 0.717) is 24.5 Å². The van der Waals surface area contributed by atoms with E-state index in [2.05, 4.69) is 10.2 Å². The number of hydrogen-bond acceptors (Lipinski definition) is 5. The van der Waals surface area contributed by atoms with Crippen LogP contribution in [0.3, 0.4) is 0 Å². The minimum Gasteiger partial charge on any atom is -0.495 e. The third-order valence-electron chi connectivity index (χ3n) is 3.72. The molecular weight excluding hydrogens is 332 g/mol. The summed E-state index contributed by atoms with van der Waals surface area (Å²) in [5.74, 6) is 0.220. The molecule has 0 atom stereocenters.